The van der Waals surface area contributed by atoms with E-state index in [1.54, 1.807) is 0 Å². The minimum Gasteiger partial charge on any atom is -0.459 e. The molecule has 0 N–H and O–H groups in total. The number of hydrogen-bond acceptors (Lipinski definition) is 2. The number of hydrogen-bond donors (Lipinski definition) is 0. The summed E-state index contributed by atoms with van der Waals surface area (Å²) in [5.74, 6) is -0.250. The number of ether oxygens (including phenoxy) is 1. The Morgan fingerprint density at radius 2 is 1.42 bits per heavy atom. The van der Waals surface area contributed by atoms with Gasteiger partial charge < -0.3 is 4.74 Å². The molecule has 0 aliphatic carbocycles. The predicted molar refractivity (Wildman–Crippen MR) is 105 cm³/mol. The van der Waals surface area contributed by atoms with Crippen LogP contribution in [0.25, 0.3) is 0 Å². The molecule has 0 heterocycles. The van der Waals surface area contributed by atoms with E-state index >= 15 is 0 Å². The lowest BCUT2D eigenvalue weighted by Crippen LogP contribution is -2.16. The normalized spacial score (nSPS) is 11.7. The van der Waals surface area contributed by atoms with Crippen LogP contribution in [0.2, 0.25) is 0 Å². The summed E-state index contributed by atoms with van der Waals surface area (Å²) in [6.45, 7) is 1.95. The molecule has 0 saturated carbocycles. The average molecular weight is 344 g/mol. The minimum atomic E-state index is -0.250. The Morgan fingerprint density at radius 3 is 2.12 bits per heavy atom. The highest BCUT2D eigenvalue weighted by atomic mass is 16.5. The van der Waals surface area contributed by atoms with Crippen molar-refractivity contribution in [3.8, 4) is 0 Å². The molecule has 2 nitrogen and oxygen atoms in total. The van der Waals surface area contributed by atoms with Crippen LogP contribution in [0.1, 0.15) is 40.4 Å². The molecule has 3 rings (SSSR count). The van der Waals surface area contributed by atoms with E-state index in [0.717, 1.165) is 24.8 Å². The van der Waals surface area contributed by atoms with E-state index in [0.29, 0.717) is 5.56 Å². The van der Waals surface area contributed by atoms with E-state index in [1.807, 2.05) is 67.6 Å². The minimum absolute atomic E-state index is 0.111. The molecule has 0 aromatic heterocycles. The lowest BCUT2D eigenvalue weighted by Gasteiger charge is -2.14. The van der Waals surface area contributed by atoms with Crippen molar-refractivity contribution in [2.75, 3.05) is 0 Å². The van der Waals surface area contributed by atoms with E-state index in [-0.39, 0.29) is 12.1 Å². The maximum absolute atomic E-state index is 12.4. The summed E-state index contributed by atoms with van der Waals surface area (Å²) >= 11 is 0. The van der Waals surface area contributed by atoms with Gasteiger partial charge in [0.2, 0.25) is 0 Å². The van der Waals surface area contributed by atoms with Gasteiger partial charge in [-0.05, 0) is 55.0 Å². The summed E-state index contributed by atoms with van der Waals surface area (Å²) in [5, 5.41) is 0. The van der Waals surface area contributed by atoms with Crippen molar-refractivity contribution in [3.63, 3.8) is 0 Å². The van der Waals surface area contributed by atoms with E-state index < -0.39 is 0 Å². The number of benzene rings is 3. The molecule has 26 heavy (non-hydrogen) atoms. The van der Waals surface area contributed by atoms with Gasteiger partial charge in [-0.2, -0.15) is 0 Å². The van der Waals surface area contributed by atoms with Crippen molar-refractivity contribution < 1.29 is 9.53 Å². The molecular formula is C24H24O2. The molecule has 3 aromatic carbocycles. The Morgan fingerprint density at radius 1 is 0.808 bits per heavy atom. The summed E-state index contributed by atoms with van der Waals surface area (Å²) in [7, 11) is 0. The third-order valence-corrected chi connectivity index (χ3v) is 4.40. The predicted octanol–water partition coefficient (Wildman–Crippen LogP) is 5.46. The third kappa shape index (κ3) is 5.32. The standard InChI is InChI=1S/C24H24O2/c1-19(15-16-20-9-4-2-5-10-20)26-24(25)23-14-8-13-22(18-23)17-21-11-6-3-7-12-21/h2-14,18-19H,15-17H2,1H3. The molecule has 0 bridgehead atoms. The van der Waals surface area contributed by atoms with Crippen LogP contribution in [0.5, 0.6) is 0 Å². The van der Waals surface area contributed by atoms with Crippen molar-refractivity contribution in [2.45, 2.75) is 32.3 Å². The maximum Gasteiger partial charge on any atom is 0.338 e. The van der Waals surface area contributed by atoms with Crippen molar-refractivity contribution in [1.82, 2.24) is 0 Å². The number of rotatable bonds is 7. The number of aryl methyl sites for hydroxylation is 1. The first-order valence-electron chi connectivity index (χ1n) is 9.08. The lowest BCUT2D eigenvalue weighted by atomic mass is 10.0. The molecule has 2 heteroatoms. The van der Waals surface area contributed by atoms with E-state index in [1.165, 1.54) is 11.1 Å². The summed E-state index contributed by atoms with van der Waals surface area (Å²) in [5.41, 5.74) is 4.22. The molecule has 1 unspecified atom stereocenters. The highest BCUT2D eigenvalue weighted by Gasteiger charge is 2.12. The van der Waals surface area contributed by atoms with Gasteiger partial charge in [-0.15, -0.1) is 0 Å². The molecule has 0 amide bonds. The monoisotopic (exact) mass is 344 g/mol. The van der Waals surface area contributed by atoms with Crippen LogP contribution in [-0.4, -0.2) is 12.1 Å². The Bertz CT molecular complexity index is 825. The smallest absolute Gasteiger partial charge is 0.338 e. The van der Waals surface area contributed by atoms with Crippen LogP contribution in [-0.2, 0) is 17.6 Å². The van der Waals surface area contributed by atoms with Gasteiger partial charge in [0.25, 0.3) is 0 Å². The van der Waals surface area contributed by atoms with Gasteiger partial charge in [-0.25, -0.2) is 4.79 Å². The molecule has 0 saturated heterocycles. The third-order valence-electron chi connectivity index (χ3n) is 4.40. The summed E-state index contributed by atoms with van der Waals surface area (Å²) in [4.78, 5) is 12.4. The van der Waals surface area contributed by atoms with Gasteiger partial charge in [0.15, 0.2) is 0 Å². The largest absolute Gasteiger partial charge is 0.459 e. The summed E-state index contributed by atoms with van der Waals surface area (Å²) in [6, 6.07) is 28.2. The molecule has 0 fully saturated rings. The highest BCUT2D eigenvalue weighted by Crippen LogP contribution is 2.14. The van der Waals surface area contributed by atoms with Gasteiger partial charge >= 0.3 is 5.97 Å². The highest BCUT2D eigenvalue weighted by molar-refractivity contribution is 5.89. The molecule has 1 atom stereocenters. The first-order chi connectivity index (χ1) is 12.7. The fourth-order valence-electron chi connectivity index (χ4n) is 2.96. The molecular weight excluding hydrogens is 320 g/mol. The second kappa shape index (κ2) is 9.00. The fourth-order valence-corrected chi connectivity index (χ4v) is 2.96. The Balaban J connectivity index is 1.56. The fraction of sp³-hybridized carbons (Fsp3) is 0.208. The zero-order valence-corrected chi connectivity index (χ0v) is 15.1. The Hall–Kier alpha value is -2.87. The molecule has 0 spiro atoms. The zero-order valence-electron chi connectivity index (χ0n) is 15.1. The van der Waals surface area contributed by atoms with E-state index in [2.05, 4.69) is 24.3 Å². The van der Waals surface area contributed by atoms with Crippen molar-refractivity contribution in [1.29, 1.82) is 0 Å². The SMILES string of the molecule is CC(CCc1ccccc1)OC(=O)c1cccc(Cc2ccccc2)c1. The molecule has 0 aliphatic heterocycles. The van der Waals surface area contributed by atoms with Crippen molar-refractivity contribution in [3.05, 3.63) is 107 Å². The van der Waals surface area contributed by atoms with Crippen LogP contribution in [0.15, 0.2) is 84.9 Å². The Kier molecular flexibility index (Phi) is 6.21. The summed E-state index contributed by atoms with van der Waals surface area (Å²) < 4.78 is 5.62. The number of carbonyl (C=O) groups excluding carboxylic acids is 1. The van der Waals surface area contributed by atoms with Gasteiger partial charge in [0.05, 0.1) is 11.7 Å². The second-order valence-corrected chi connectivity index (χ2v) is 6.60. The van der Waals surface area contributed by atoms with Gasteiger partial charge in [0, 0.05) is 0 Å². The second-order valence-electron chi connectivity index (χ2n) is 6.60. The molecule has 3 aromatic rings. The number of carbonyl (C=O) groups is 1. The quantitative estimate of drug-likeness (QED) is 0.532. The van der Waals surface area contributed by atoms with Gasteiger partial charge in [0.1, 0.15) is 0 Å². The van der Waals surface area contributed by atoms with Gasteiger partial charge in [-0.1, -0.05) is 72.8 Å². The van der Waals surface area contributed by atoms with Crippen LogP contribution >= 0.6 is 0 Å². The van der Waals surface area contributed by atoms with E-state index in [4.69, 9.17) is 4.74 Å². The first kappa shape index (κ1) is 17.9. The zero-order chi connectivity index (χ0) is 18.2. The molecule has 132 valence electrons. The van der Waals surface area contributed by atoms with Crippen LogP contribution < -0.4 is 0 Å². The van der Waals surface area contributed by atoms with E-state index in [9.17, 15) is 4.79 Å². The number of esters is 1. The van der Waals surface area contributed by atoms with Crippen molar-refractivity contribution >= 4 is 5.97 Å². The summed E-state index contributed by atoms with van der Waals surface area (Å²) in [6.07, 6.45) is 2.43. The van der Waals surface area contributed by atoms with Crippen LogP contribution in [0.4, 0.5) is 0 Å². The average Bonchev–Trinajstić information content (AvgIpc) is 2.68. The van der Waals surface area contributed by atoms with Crippen LogP contribution in [0.3, 0.4) is 0 Å². The lowest BCUT2D eigenvalue weighted by molar-refractivity contribution is 0.0325. The van der Waals surface area contributed by atoms with Crippen LogP contribution in [0, 0.1) is 0 Å². The molecule has 0 radical (unpaired) electrons. The first-order valence-corrected chi connectivity index (χ1v) is 9.08. The van der Waals surface area contributed by atoms with Gasteiger partial charge in [-0.3, -0.25) is 0 Å². The molecule has 0 aliphatic rings. The topological polar surface area (TPSA) is 26.3 Å². The maximum atomic E-state index is 12.4. The Labute approximate surface area is 155 Å². The van der Waals surface area contributed by atoms with Crippen molar-refractivity contribution in [2.24, 2.45) is 0 Å².